The van der Waals surface area contributed by atoms with E-state index in [0.29, 0.717) is 18.4 Å². The predicted octanol–water partition coefficient (Wildman–Crippen LogP) is 6.20. The number of benzene rings is 2. The monoisotopic (exact) mass is 474 g/mol. The summed E-state index contributed by atoms with van der Waals surface area (Å²) in [4.78, 5) is 17.1. The highest BCUT2D eigenvalue weighted by atomic mass is 35.5. The Morgan fingerprint density at radius 1 is 1.03 bits per heavy atom. The summed E-state index contributed by atoms with van der Waals surface area (Å²) < 4.78 is 39.8. The van der Waals surface area contributed by atoms with Gasteiger partial charge in [-0.2, -0.15) is 13.2 Å². The van der Waals surface area contributed by atoms with E-state index in [9.17, 15) is 23.1 Å². The second kappa shape index (κ2) is 9.15. The summed E-state index contributed by atoms with van der Waals surface area (Å²) in [5.41, 5.74) is -0.147. The molecule has 2 aromatic carbocycles. The van der Waals surface area contributed by atoms with Crippen LogP contribution in [-0.2, 0) is 6.18 Å². The fourth-order valence-corrected chi connectivity index (χ4v) is 4.70. The number of rotatable bonds is 5. The van der Waals surface area contributed by atoms with Crippen LogP contribution in [0.4, 0.5) is 13.2 Å². The van der Waals surface area contributed by atoms with E-state index in [1.165, 1.54) is 6.07 Å². The van der Waals surface area contributed by atoms with Crippen molar-refractivity contribution in [1.29, 1.82) is 0 Å². The molecule has 4 rings (SSSR count). The molecule has 1 aliphatic rings. The zero-order valence-electron chi connectivity index (χ0n) is 17.6. The van der Waals surface area contributed by atoms with Crippen molar-refractivity contribution in [2.24, 2.45) is 0 Å². The topological polar surface area (TPSA) is 62.2 Å². The molecule has 1 aliphatic carbocycles. The molecule has 1 atom stereocenters. The van der Waals surface area contributed by atoms with Crippen LogP contribution in [0.15, 0.2) is 67.0 Å². The Balaban J connectivity index is 1.71. The van der Waals surface area contributed by atoms with Crippen LogP contribution >= 0.6 is 11.6 Å². The minimum absolute atomic E-state index is 0.289. The molecule has 2 N–H and O–H groups in total. The lowest BCUT2D eigenvalue weighted by Gasteiger charge is -2.34. The first-order valence-electron chi connectivity index (χ1n) is 10.6. The minimum atomic E-state index is -4.69. The summed E-state index contributed by atoms with van der Waals surface area (Å²) in [5, 5.41) is 13.5. The van der Waals surface area contributed by atoms with Crippen LogP contribution < -0.4 is 5.32 Å². The number of carbonyl (C=O) groups excluding carboxylic acids is 1. The third kappa shape index (κ3) is 4.89. The van der Waals surface area contributed by atoms with E-state index in [4.69, 9.17) is 11.6 Å². The lowest BCUT2D eigenvalue weighted by Crippen LogP contribution is -2.44. The SMILES string of the molecule is O=C(NC(c1cccc(-c2ccncc2)c1)C1(O)CCCC1)c1cccc(C(F)(F)F)c1Cl. The van der Waals surface area contributed by atoms with Crippen LogP contribution in [0.2, 0.25) is 5.02 Å². The van der Waals surface area contributed by atoms with Gasteiger partial charge >= 0.3 is 6.18 Å². The number of aliphatic hydroxyl groups is 1. The Bertz CT molecular complexity index is 1150. The molecule has 8 heteroatoms. The quantitative estimate of drug-likeness (QED) is 0.463. The Labute approximate surface area is 194 Å². The molecule has 0 spiro atoms. The lowest BCUT2D eigenvalue weighted by molar-refractivity contribution is -0.137. The Hall–Kier alpha value is -2.90. The van der Waals surface area contributed by atoms with Crippen LogP contribution in [0.3, 0.4) is 0 Å². The fourth-order valence-electron chi connectivity index (χ4n) is 4.38. The molecular weight excluding hydrogens is 453 g/mol. The van der Waals surface area contributed by atoms with Crippen molar-refractivity contribution < 1.29 is 23.1 Å². The van der Waals surface area contributed by atoms with E-state index < -0.39 is 34.3 Å². The normalized spacial score (nSPS) is 16.4. The van der Waals surface area contributed by atoms with Gasteiger partial charge in [-0.15, -0.1) is 0 Å². The molecule has 0 aliphatic heterocycles. The second-order valence-electron chi connectivity index (χ2n) is 8.24. The molecule has 33 heavy (non-hydrogen) atoms. The van der Waals surface area contributed by atoms with E-state index in [-0.39, 0.29) is 5.56 Å². The maximum absolute atomic E-state index is 13.3. The number of aromatic nitrogens is 1. The number of nitrogens with zero attached hydrogens (tertiary/aromatic N) is 1. The van der Waals surface area contributed by atoms with Gasteiger partial charge in [-0.3, -0.25) is 9.78 Å². The number of nitrogens with one attached hydrogen (secondary N) is 1. The summed E-state index contributed by atoms with van der Waals surface area (Å²) >= 11 is 5.97. The third-order valence-electron chi connectivity index (χ3n) is 6.06. The molecule has 172 valence electrons. The summed E-state index contributed by atoms with van der Waals surface area (Å²) in [6, 6.07) is 13.5. The third-order valence-corrected chi connectivity index (χ3v) is 6.47. The van der Waals surface area contributed by atoms with Gasteiger partial charge in [-0.05, 0) is 59.9 Å². The molecular formula is C25H22ClF3N2O2. The highest BCUT2D eigenvalue weighted by Gasteiger charge is 2.42. The number of hydrogen-bond acceptors (Lipinski definition) is 3. The van der Waals surface area contributed by atoms with Crippen molar-refractivity contribution in [1.82, 2.24) is 10.3 Å². The lowest BCUT2D eigenvalue weighted by atomic mass is 9.85. The van der Waals surface area contributed by atoms with Crippen LogP contribution in [-0.4, -0.2) is 21.6 Å². The van der Waals surface area contributed by atoms with E-state index in [0.717, 1.165) is 36.1 Å². The predicted molar refractivity (Wildman–Crippen MR) is 120 cm³/mol. The molecule has 0 radical (unpaired) electrons. The molecule has 1 saturated carbocycles. The number of pyridine rings is 1. The fraction of sp³-hybridized carbons (Fsp3) is 0.280. The van der Waals surface area contributed by atoms with Crippen molar-refractivity contribution >= 4 is 17.5 Å². The molecule has 1 fully saturated rings. The van der Waals surface area contributed by atoms with E-state index >= 15 is 0 Å². The average Bonchev–Trinajstić information content (AvgIpc) is 3.24. The van der Waals surface area contributed by atoms with E-state index in [2.05, 4.69) is 10.3 Å². The van der Waals surface area contributed by atoms with Crippen molar-refractivity contribution in [3.05, 3.63) is 88.7 Å². The molecule has 3 aromatic rings. The smallest absolute Gasteiger partial charge is 0.387 e. The van der Waals surface area contributed by atoms with E-state index in [1.807, 2.05) is 30.3 Å². The summed E-state index contributed by atoms with van der Waals surface area (Å²) in [5.74, 6) is -0.772. The van der Waals surface area contributed by atoms with Gasteiger partial charge in [0.25, 0.3) is 5.91 Å². The van der Waals surface area contributed by atoms with Crippen LogP contribution in [0.25, 0.3) is 11.1 Å². The first-order valence-corrected chi connectivity index (χ1v) is 11.0. The minimum Gasteiger partial charge on any atom is -0.387 e. The molecule has 1 heterocycles. The Morgan fingerprint density at radius 2 is 1.70 bits per heavy atom. The van der Waals surface area contributed by atoms with Crippen molar-refractivity contribution in [3.63, 3.8) is 0 Å². The van der Waals surface area contributed by atoms with Crippen molar-refractivity contribution in [2.75, 3.05) is 0 Å². The first kappa shape index (κ1) is 23.3. The number of hydrogen-bond donors (Lipinski definition) is 2. The van der Waals surface area contributed by atoms with Crippen LogP contribution in [0.5, 0.6) is 0 Å². The summed E-state index contributed by atoms with van der Waals surface area (Å²) in [6.07, 6.45) is 1.16. The van der Waals surface area contributed by atoms with Gasteiger partial charge in [-0.1, -0.05) is 48.7 Å². The van der Waals surface area contributed by atoms with Gasteiger partial charge in [0.1, 0.15) is 0 Å². The molecule has 1 amide bonds. The molecule has 0 saturated heterocycles. The summed E-state index contributed by atoms with van der Waals surface area (Å²) in [6.45, 7) is 0. The number of amides is 1. The Morgan fingerprint density at radius 3 is 2.36 bits per heavy atom. The largest absolute Gasteiger partial charge is 0.417 e. The highest BCUT2D eigenvalue weighted by Crippen LogP contribution is 2.41. The summed E-state index contributed by atoms with van der Waals surface area (Å²) in [7, 11) is 0. The molecule has 4 nitrogen and oxygen atoms in total. The van der Waals surface area contributed by atoms with Crippen LogP contribution in [0, 0.1) is 0 Å². The van der Waals surface area contributed by atoms with Crippen molar-refractivity contribution in [2.45, 2.75) is 43.5 Å². The number of carbonyl (C=O) groups is 1. The van der Waals surface area contributed by atoms with Gasteiger partial charge in [0, 0.05) is 12.4 Å². The first-order chi connectivity index (χ1) is 15.7. The van der Waals surface area contributed by atoms with E-state index in [1.54, 1.807) is 18.5 Å². The standard InChI is InChI=1S/C25H22ClF3N2O2/c26-21-19(7-4-8-20(21)25(27,28)29)23(32)31-22(24(33)11-1-2-12-24)18-6-3-5-17(15-18)16-9-13-30-14-10-16/h3-10,13-15,22,33H,1-2,11-12H2,(H,31,32). The van der Waals surface area contributed by atoms with Gasteiger partial charge in [0.2, 0.25) is 0 Å². The number of halogens is 4. The molecule has 1 aromatic heterocycles. The molecule has 0 bridgehead atoms. The van der Waals surface area contributed by atoms with Gasteiger partial charge < -0.3 is 10.4 Å². The van der Waals surface area contributed by atoms with Crippen LogP contribution in [0.1, 0.15) is 53.2 Å². The average molecular weight is 475 g/mol. The number of alkyl halides is 3. The zero-order chi connectivity index (χ0) is 23.6. The van der Waals surface area contributed by atoms with Crippen molar-refractivity contribution in [3.8, 4) is 11.1 Å². The highest BCUT2D eigenvalue weighted by molar-refractivity contribution is 6.34. The second-order valence-corrected chi connectivity index (χ2v) is 8.62. The van der Waals surface area contributed by atoms with Gasteiger partial charge in [0.15, 0.2) is 0 Å². The van der Waals surface area contributed by atoms with Gasteiger partial charge in [0.05, 0.1) is 27.8 Å². The zero-order valence-corrected chi connectivity index (χ0v) is 18.3. The Kier molecular flexibility index (Phi) is 6.45. The maximum Gasteiger partial charge on any atom is 0.417 e. The maximum atomic E-state index is 13.3. The molecule has 1 unspecified atom stereocenters. The van der Waals surface area contributed by atoms with Gasteiger partial charge in [-0.25, -0.2) is 0 Å².